The number of nitro groups is 1. The molecule has 2 rings (SSSR count). The summed E-state index contributed by atoms with van der Waals surface area (Å²) in [5, 5.41) is 10.8. The molecule has 96 valence electrons. The molecule has 0 amide bonds. The van der Waals surface area contributed by atoms with Crippen LogP contribution in [0, 0.1) is 10.1 Å². The zero-order chi connectivity index (χ0) is 13.1. The van der Waals surface area contributed by atoms with E-state index >= 15 is 0 Å². The van der Waals surface area contributed by atoms with Crippen molar-refractivity contribution in [1.29, 1.82) is 0 Å². The topological polar surface area (TPSA) is 69.4 Å². The Bertz CT molecular complexity index is 489. The summed E-state index contributed by atoms with van der Waals surface area (Å²) in [5.74, 6) is 0.608. The highest BCUT2D eigenvalue weighted by Gasteiger charge is 2.23. The number of nitro benzene ring substituents is 1. The summed E-state index contributed by atoms with van der Waals surface area (Å²) in [6, 6.07) is 4.64. The number of hydrogen-bond acceptors (Lipinski definition) is 4. The van der Waals surface area contributed by atoms with Gasteiger partial charge in [-0.1, -0.05) is 6.07 Å². The monoisotopic (exact) mass is 313 g/mol. The Labute approximate surface area is 112 Å². The van der Waals surface area contributed by atoms with Crippen molar-refractivity contribution in [1.82, 2.24) is 0 Å². The Balaban J connectivity index is 2.16. The van der Waals surface area contributed by atoms with E-state index in [0.717, 1.165) is 12.8 Å². The summed E-state index contributed by atoms with van der Waals surface area (Å²) in [7, 11) is 0. The molecule has 0 N–H and O–H groups in total. The van der Waals surface area contributed by atoms with Gasteiger partial charge in [-0.25, -0.2) is 0 Å². The van der Waals surface area contributed by atoms with Crippen LogP contribution in [0.4, 0.5) is 5.69 Å². The largest absolute Gasteiger partial charge is 0.489 e. The van der Waals surface area contributed by atoms with Crippen LogP contribution in [-0.4, -0.2) is 16.8 Å². The first-order valence-electron chi connectivity index (χ1n) is 5.69. The van der Waals surface area contributed by atoms with Crippen molar-refractivity contribution >= 4 is 27.4 Å². The van der Waals surface area contributed by atoms with Crippen LogP contribution >= 0.6 is 15.9 Å². The summed E-state index contributed by atoms with van der Waals surface area (Å²) >= 11 is 3.17. The number of carbonyl (C=O) groups excluding carboxylic acids is 1. The summed E-state index contributed by atoms with van der Waals surface area (Å²) in [6.45, 7) is 0. The first-order chi connectivity index (χ1) is 8.58. The minimum Gasteiger partial charge on any atom is -0.489 e. The van der Waals surface area contributed by atoms with Gasteiger partial charge in [0.2, 0.25) is 0 Å². The minimum atomic E-state index is -0.469. The second-order valence-electron chi connectivity index (χ2n) is 4.22. The standard InChI is InChI=1S/C12H12BrNO4/c13-12-10(14(16)17)5-2-6-11(12)18-9-4-1-3-8(15)7-9/h2,5-6,9H,1,3-4,7H2. The van der Waals surface area contributed by atoms with E-state index in [1.807, 2.05) is 0 Å². The first-order valence-corrected chi connectivity index (χ1v) is 6.48. The van der Waals surface area contributed by atoms with Gasteiger partial charge in [0.05, 0.1) is 4.92 Å². The van der Waals surface area contributed by atoms with Crippen LogP contribution in [0.15, 0.2) is 22.7 Å². The fraction of sp³-hybridized carbons (Fsp3) is 0.417. The molecular weight excluding hydrogens is 302 g/mol. The normalized spacial score (nSPS) is 19.6. The van der Waals surface area contributed by atoms with Gasteiger partial charge in [0, 0.05) is 18.9 Å². The third kappa shape index (κ3) is 2.87. The molecule has 1 saturated carbocycles. The fourth-order valence-corrected chi connectivity index (χ4v) is 2.50. The van der Waals surface area contributed by atoms with Gasteiger partial charge in [-0.15, -0.1) is 0 Å². The van der Waals surface area contributed by atoms with E-state index in [1.165, 1.54) is 6.07 Å². The first kappa shape index (κ1) is 13.0. The van der Waals surface area contributed by atoms with Crippen molar-refractivity contribution < 1.29 is 14.5 Å². The molecule has 0 heterocycles. The van der Waals surface area contributed by atoms with Crippen molar-refractivity contribution in [3.63, 3.8) is 0 Å². The Hall–Kier alpha value is -1.43. The third-order valence-electron chi connectivity index (χ3n) is 2.87. The number of benzene rings is 1. The van der Waals surface area contributed by atoms with Crippen molar-refractivity contribution in [2.24, 2.45) is 0 Å². The number of Topliss-reactive ketones (excluding diaryl/α,β-unsaturated/α-hetero) is 1. The second-order valence-corrected chi connectivity index (χ2v) is 5.01. The van der Waals surface area contributed by atoms with E-state index < -0.39 is 4.92 Å². The van der Waals surface area contributed by atoms with Gasteiger partial charge in [-0.05, 0) is 34.8 Å². The molecule has 1 atom stereocenters. The van der Waals surface area contributed by atoms with Gasteiger partial charge >= 0.3 is 0 Å². The van der Waals surface area contributed by atoms with Crippen molar-refractivity contribution in [3.05, 3.63) is 32.8 Å². The fourth-order valence-electron chi connectivity index (χ4n) is 2.00. The number of rotatable bonds is 3. The molecule has 5 nitrogen and oxygen atoms in total. The highest BCUT2D eigenvalue weighted by Crippen LogP contribution is 2.35. The predicted octanol–water partition coefficient (Wildman–Crippen LogP) is 3.25. The number of halogens is 1. The smallest absolute Gasteiger partial charge is 0.287 e. The lowest BCUT2D eigenvalue weighted by atomic mass is 9.96. The molecule has 0 radical (unpaired) electrons. The summed E-state index contributed by atoms with van der Waals surface area (Å²) < 4.78 is 6.00. The van der Waals surface area contributed by atoms with Gasteiger partial charge in [-0.3, -0.25) is 14.9 Å². The maximum absolute atomic E-state index is 11.3. The summed E-state index contributed by atoms with van der Waals surface area (Å²) in [4.78, 5) is 21.6. The van der Waals surface area contributed by atoms with Crippen LogP contribution in [0.5, 0.6) is 5.75 Å². The highest BCUT2D eigenvalue weighted by molar-refractivity contribution is 9.10. The quantitative estimate of drug-likeness (QED) is 0.634. The molecule has 1 aliphatic rings. The van der Waals surface area contributed by atoms with Gasteiger partial charge < -0.3 is 4.74 Å². The van der Waals surface area contributed by atoms with Crippen molar-refractivity contribution in [2.75, 3.05) is 0 Å². The Kier molecular flexibility index (Phi) is 3.96. The average molecular weight is 314 g/mol. The van der Waals surface area contributed by atoms with E-state index in [9.17, 15) is 14.9 Å². The minimum absolute atomic E-state index is 0.0327. The highest BCUT2D eigenvalue weighted by atomic mass is 79.9. The van der Waals surface area contributed by atoms with E-state index in [2.05, 4.69) is 15.9 Å². The summed E-state index contributed by atoms with van der Waals surface area (Å²) in [6.07, 6.45) is 2.44. The predicted molar refractivity (Wildman–Crippen MR) is 68.7 cm³/mol. The van der Waals surface area contributed by atoms with Crippen LogP contribution in [0.2, 0.25) is 0 Å². The van der Waals surface area contributed by atoms with Crippen molar-refractivity contribution in [3.8, 4) is 5.75 Å². The van der Waals surface area contributed by atoms with Gasteiger partial charge in [0.1, 0.15) is 22.1 Å². The molecule has 0 saturated heterocycles. The SMILES string of the molecule is O=C1CCCC(Oc2cccc([N+](=O)[O-])c2Br)C1. The lowest BCUT2D eigenvalue weighted by molar-refractivity contribution is -0.385. The average Bonchev–Trinajstić information content (AvgIpc) is 2.31. The van der Waals surface area contributed by atoms with Gasteiger partial charge in [0.25, 0.3) is 5.69 Å². The van der Waals surface area contributed by atoms with Crippen LogP contribution < -0.4 is 4.74 Å². The number of ketones is 1. The van der Waals surface area contributed by atoms with Crippen LogP contribution in [0.25, 0.3) is 0 Å². The lowest BCUT2D eigenvalue weighted by Gasteiger charge is -2.22. The van der Waals surface area contributed by atoms with E-state index in [-0.39, 0.29) is 17.6 Å². The molecule has 6 heteroatoms. The number of nitrogens with zero attached hydrogens (tertiary/aromatic N) is 1. The maximum atomic E-state index is 11.3. The Morgan fingerprint density at radius 1 is 1.44 bits per heavy atom. The van der Waals surface area contributed by atoms with Gasteiger partial charge in [0.15, 0.2) is 0 Å². The molecule has 1 unspecified atom stereocenters. The molecule has 0 bridgehead atoms. The van der Waals surface area contributed by atoms with Crippen molar-refractivity contribution in [2.45, 2.75) is 31.8 Å². The lowest BCUT2D eigenvalue weighted by Crippen LogP contribution is -2.25. The Morgan fingerprint density at radius 2 is 2.22 bits per heavy atom. The molecule has 0 aliphatic heterocycles. The van der Waals surface area contributed by atoms with Crippen LogP contribution in [0.1, 0.15) is 25.7 Å². The van der Waals surface area contributed by atoms with E-state index in [1.54, 1.807) is 12.1 Å². The third-order valence-corrected chi connectivity index (χ3v) is 3.67. The molecule has 1 aliphatic carbocycles. The van der Waals surface area contributed by atoms with Gasteiger partial charge in [-0.2, -0.15) is 0 Å². The second kappa shape index (κ2) is 5.48. The zero-order valence-electron chi connectivity index (χ0n) is 9.60. The molecule has 18 heavy (non-hydrogen) atoms. The molecule has 0 aromatic heterocycles. The molecular formula is C12H12BrNO4. The summed E-state index contributed by atoms with van der Waals surface area (Å²) in [5.41, 5.74) is -0.0327. The van der Waals surface area contributed by atoms with E-state index in [0.29, 0.717) is 23.1 Å². The van der Waals surface area contributed by atoms with Crippen LogP contribution in [0.3, 0.4) is 0 Å². The molecule has 1 aromatic rings. The molecule has 1 fully saturated rings. The number of hydrogen-bond donors (Lipinski definition) is 0. The Morgan fingerprint density at radius 3 is 2.89 bits per heavy atom. The maximum Gasteiger partial charge on any atom is 0.287 e. The number of carbonyl (C=O) groups is 1. The number of ether oxygens (including phenoxy) is 1. The molecule has 1 aromatic carbocycles. The molecule has 0 spiro atoms. The van der Waals surface area contributed by atoms with E-state index in [4.69, 9.17) is 4.74 Å². The van der Waals surface area contributed by atoms with Crippen LogP contribution in [-0.2, 0) is 4.79 Å². The zero-order valence-corrected chi connectivity index (χ0v) is 11.2.